The number of aliphatic hydroxyl groups is 1. The molecule has 1 aliphatic rings. The molecule has 7 nitrogen and oxygen atoms in total. The lowest BCUT2D eigenvalue weighted by Gasteiger charge is -2.32. The summed E-state index contributed by atoms with van der Waals surface area (Å²) in [5.74, 6) is -2.25. The molecule has 0 radical (unpaired) electrons. The number of nitrogens with zero attached hydrogens (tertiary/aromatic N) is 2. The van der Waals surface area contributed by atoms with E-state index >= 15 is 0 Å². The van der Waals surface area contributed by atoms with E-state index in [1.54, 1.807) is 0 Å². The number of hydrogen-bond acceptors (Lipinski definition) is 5. The Balaban J connectivity index is 2.20. The molecule has 1 atom stereocenters. The van der Waals surface area contributed by atoms with Gasteiger partial charge in [-0.05, 0) is 43.0 Å². The van der Waals surface area contributed by atoms with Crippen molar-refractivity contribution < 1.29 is 32.6 Å². The average molecular weight is 401 g/mol. The molecule has 2 rings (SSSR count). The van der Waals surface area contributed by atoms with Crippen LogP contribution in [0.4, 0.5) is 18.9 Å². The third-order valence-electron chi connectivity index (χ3n) is 4.24. The van der Waals surface area contributed by atoms with Gasteiger partial charge in [0.15, 0.2) is 0 Å². The van der Waals surface area contributed by atoms with Crippen LogP contribution >= 0.6 is 0 Å². The molecule has 1 heterocycles. The number of carbonyl (C=O) groups is 2. The van der Waals surface area contributed by atoms with Gasteiger partial charge in [-0.15, -0.1) is 0 Å². The molecule has 1 aromatic carbocycles. The van der Waals surface area contributed by atoms with Crippen molar-refractivity contribution in [1.82, 2.24) is 5.01 Å². The van der Waals surface area contributed by atoms with Gasteiger partial charge in [-0.1, -0.05) is 13.8 Å². The van der Waals surface area contributed by atoms with E-state index < -0.39 is 30.1 Å². The number of hydrogen-bond donors (Lipinski definition) is 2. The molecule has 0 saturated heterocycles. The molecule has 0 fully saturated rings. The van der Waals surface area contributed by atoms with Crippen LogP contribution in [0.5, 0.6) is 5.75 Å². The monoisotopic (exact) mass is 401 g/mol. The molecular formula is C18H22F3N3O4. The maximum Gasteiger partial charge on any atom is 0.438 e. The Labute approximate surface area is 160 Å². The topological polar surface area (TPSA) is 91.2 Å². The first-order chi connectivity index (χ1) is 13.0. The van der Waals surface area contributed by atoms with E-state index in [9.17, 15) is 27.9 Å². The fraction of sp³-hybridized carbons (Fsp3) is 0.500. The highest BCUT2D eigenvalue weighted by Crippen LogP contribution is 2.41. The van der Waals surface area contributed by atoms with Crippen molar-refractivity contribution in [3.63, 3.8) is 0 Å². The Kier molecular flexibility index (Phi) is 6.33. The van der Waals surface area contributed by atoms with Gasteiger partial charge >= 0.3 is 18.0 Å². The first kappa shape index (κ1) is 21.7. The van der Waals surface area contributed by atoms with Crippen LogP contribution in [0.15, 0.2) is 29.4 Å². The first-order valence-corrected chi connectivity index (χ1v) is 8.63. The Morgan fingerprint density at radius 1 is 1.32 bits per heavy atom. The van der Waals surface area contributed by atoms with E-state index in [1.165, 1.54) is 31.4 Å². The van der Waals surface area contributed by atoms with E-state index in [2.05, 4.69) is 10.4 Å². The van der Waals surface area contributed by atoms with E-state index in [1.807, 2.05) is 13.8 Å². The second-order valence-electron chi connectivity index (χ2n) is 6.89. The zero-order valence-electron chi connectivity index (χ0n) is 15.7. The summed E-state index contributed by atoms with van der Waals surface area (Å²) in [6.07, 6.45) is -5.34. The maximum atomic E-state index is 13.4. The average Bonchev–Trinajstić information content (AvgIpc) is 2.98. The van der Waals surface area contributed by atoms with Crippen LogP contribution in [0.25, 0.3) is 0 Å². The Bertz CT molecular complexity index is 762. The van der Waals surface area contributed by atoms with Crippen LogP contribution in [-0.4, -0.2) is 46.7 Å². The van der Waals surface area contributed by atoms with Crippen molar-refractivity contribution in [2.75, 3.05) is 12.4 Å². The number of rotatable bonds is 5. The number of alkyl halides is 3. The molecule has 1 unspecified atom stereocenters. The Morgan fingerprint density at radius 2 is 1.93 bits per heavy atom. The minimum atomic E-state index is -5.17. The summed E-state index contributed by atoms with van der Waals surface area (Å²) in [4.78, 5) is 24.5. The zero-order chi connectivity index (χ0) is 21.1. The lowest BCUT2D eigenvalue weighted by Crippen LogP contribution is -2.58. The summed E-state index contributed by atoms with van der Waals surface area (Å²) in [5, 5.41) is 15.8. The smallest absolute Gasteiger partial charge is 0.438 e. The summed E-state index contributed by atoms with van der Waals surface area (Å²) < 4.78 is 45.3. The molecule has 0 spiro atoms. The van der Waals surface area contributed by atoms with Gasteiger partial charge in [-0.3, -0.25) is 9.59 Å². The summed E-state index contributed by atoms with van der Waals surface area (Å²) in [5.41, 5.74) is -3.36. The molecule has 1 aliphatic heterocycles. The molecule has 0 bridgehead atoms. The number of hydrazone groups is 1. The van der Waals surface area contributed by atoms with E-state index in [-0.39, 0.29) is 28.7 Å². The van der Waals surface area contributed by atoms with Gasteiger partial charge in [0.1, 0.15) is 5.75 Å². The van der Waals surface area contributed by atoms with Crippen molar-refractivity contribution in [2.24, 2.45) is 11.0 Å². The number of nitrogens with one attached hydrogen (secondary N) is 1. The number of ether oxygens (including phenoxy) is 1. The molecule has 154 valence electrons. The third kappa shape index (κ3) is 4.61. The van der Waals surface area contributed by atoms with Crippen molar-refractivity contribution in [3.05, 3.63) is 24.3 Å². The highest BCUT2D eigenvalue weighted by atomic mass is 19.4. The van der Waals surface area contributed by atoms with Crippen LogP contribution in [-0.2, 0) is 9.59 Å². The number of amides is 2. The summed E-state index contributed by atoms with van der Waals surface area (Å²) >= 11 is 0. The molecular weight excluding hydrogens is 379 g/mol. The number of methoxy groups -OCH3 is 1. The lowest BCUT2D eigenvalue weighted by molar-refractivity contribution is -0.301. The predicted octanol–water partition coefficient (Wildman–Crippen LogP) is 2.91. The highest BCUT2D eigenvalue weighted by Gasteiger charge is 2.63. The minimum absolute atomic E-state index is 0.0131. The maximum absolute atomic E-state index is 13.4. The second kappa shape index (κ2) is 8.17. The SMILES string of the molecule is COc1ccc(NC(=O)C(=O)N2N=C(CCC(C)C)CC2(O)C(F)(F)F)cc1. The van der Waals surface area contributed by atoms with Crippen molar-refractivity contribution in [2.45, 2.75) is 45.0 Å². The van der Waals surface area contributed by atoms with E-state index in [0.717, 1.165) is 0 Å². The van der Waals surface area contributed by atoms with E-state index in [0.29, 0.717) is 12.2 Å². The molecule has 0 aliphatic carbocycles. The van der Waals surface area contributed by atoms with Crippen LogP contribution in [0.2, 0.25) is 0 Å². The van der Waals surface area contributed by atoms with Crippen LogP contribution in [0, 0.1) is 5.92 Å². The standard InChI is InChI=1S/C18H22F3N3O4/c1-11(2)4-5-13-10-17(27,18(19,20)21)24(23-13)16(26)15(25)22-12-6-8-14(28-3)9-7-12/h6-9,11,27H,4-5,10H2,1-3H3,(H,22,25). The number of halogens is 3. The Morgan fingerprint density at radius 3 is 2.43 bits per heavy atom. The number of benzene rings is 1. The van der Waals surface area contributed by atoms with Gasteiger partial charge in [0.25, 0.3) is 5.72 Å². The predicted molar refractivity (Wildman–Crippen MR) is 95.6 cm³/mol. The van der Waals surface area contributed by atoms with Gasteiger partial charge in [-0.25, -0.2) is 0 Å². The zero-order valence-corrected chi connectivity index (χ0v) is 15.7. The van der Waals surface area contributed by atoms with Gasteiger partial charge < -0.3 is 15.2 Å². The van der Waals surface area contributed by atoms with Gasteiger partial charge in [0, 0.05) is 17.8 Å². The first-order valence-electron chi connectivity index (χ1n) is 8.63. The van der Waals surface area contributed by atoms with Crippen LogP contribution in [0.1, 0.15) is 33.1 Å². The molecule has 1 aromatic rings. The minimum Gasteiger partial charge on any atom is -0.497 e. The fourth-order valence-corrected chi connectivity index (χ4v) is 2.60. The highest BCUT2D eigenvalue weighted by molar-refractivity contribution is 6.39. The molecule has 0 saturated carbocycles. The second-order valence-corrected chi connectivity index (χ2v) is 6.89. The largest absolute Gasteiger partial charge is 0.497 e. The quantitative estimate of drug-likeness (QED) is 0.743. The molecule has 2 amide bonds. The lowest BCUT2D eigenvalue weighted by atomic mass is 9.99. The number of carbonyl (C=O) groups excluding carboxylic acids is 2. The van der Waals surface area contributed by atoms with E-state index in [4.69, 9.17) is 4.74 Å². The summed E-state index contributed by atoms with van der Waals surface area (Å²) in [6.45, 7) is 3.77. The van der Waals surface area contributed by atoms with Gasteiger partial charge in [0.2, 0.25) is 0 Å². The molecule has 0 aromatic heterocycles. The summed E-state index contributed by atoms with van der Waals surface area (Å²) in [7, 11) is 1.44. The van der Waals surface area contributed by atoms with Crippen molar-refractivity contribution in [3.8, 4) is 5.75 Å². The van der Waals surface area contributed by atoms with Crippen molar-refractivity contribution >= 4 is 23.2 Å². The molecule has 28 heavy (non-hydrogen) atoms. The van der Waals surface area contributed by atoms with Gasteiger partial charge in [-0.2, -0.15) is 23.3 Å². The molecule has 2 N–H and O–H groups in total. The van der Waals surface area contributed by atoms with Crippen molar-refractivity contribution in [1.29, 1.82) is 0 Å². The van der Waals surface area contributed by atoms with Crippen LogP contribution in [0.3, 0.4) is 0 Å². The normalized spacial score (nSPS) is 19.6. The number of anilines is 1. The van der Waals surface area contributed by atoms with Crippen LogP contribution < -0.4 is 10.1 Å². The van der Waals surface area contributed by atoms with Gasteiger partial charge in [0.05, 0.1) is 7.11 Å². The third-order valence-corrected chi connectivity index (χ3v) is 4.24. The molecule has 10 heteroatoms. The Hall–Kier alpha value is -2.62. The fourth-order valence-electron chi connectivity index (χ4n) is 2.60. The summed E-state index contributed by atoms with van der Waals surface area (Å²) in [6, 6.07) is 5.84.